The summed E-state index contributed by atoms with van der Waals surface area (Å²) in [5.41, 5.74) is 0.753. The Morgan fingerprint density at radius 3 is 2.36 bits per heavy atom. The van der Waals surface area contributed by atoms with Crippen molar-refractivity contribution in [2.75, 3.05) is 37.6 Å². The normalized spacial score (nSPS) is 30.2. The van der Waals surface area contributed by atoms with Gasteiger partial charge in [-0.05, 0) is 78.9 Å². The molecule has 4 aliphatic heterocycles. The number of nitrogens with zero attached hydrogens (tertiary/aromatic N) is 5. The van der Waals surface area contributed by atoms with Crippen LogP contribution in [0.1, 0.15) is 95.2 Å². The zero-order valence-electron chi connectivity index (χ0n) is 26.6. The Hall–Kier alpha value is -3.25. The van der Waals surface area contributed by atoms with Crippen LogP contribution < -0.4 is 10.2 Å². The SMILES string of the molecule is CC1c2nc(N3CCN(C4CC(OC5CCN(C(=O)OC(C)(C)C)CC5)C4)C[C@H]3C)ccc2C(=O)N1C1CCC(=O)NC1=O. The average Bonchev–Trinajstić information content (AvgIpc) is 3.18. The first-order valence-electron chi connectivity index (χ1n) is 16.2. The van der Waals surface area contributed by atoms with Gasteiger partial charge in [0, 0.05) is 51.2 Å². The number of imide groups is 1. The molecule has 0 aromatic carbocycles. The number of pyridine rings is 1. The summed E-state index contributed by atoms with van der Waals surface area (Å²) in [6, 6.07) is 3.53. The van der Waals surface area contributed by atoms with Crippen molar-refractivity contribution in [2.24, 2.45) is 0 Å². The van der Waals surface area contributed by atoms with Crippen LogP contribution in [0.25, 0.3) is 0 Å². The van der Waals surface area contributed by atoms with Crippen LogP contribution in [-0.4, -0.2) is 112 Å². The van der Waals surface area contributed by atoms with Gasteiger partial charge in [-0.1, -0.05) is 0 Å². The van der Waals surface area contributed by atoms with Gasteiger partial charge in [0.25, 0.3) is 5.91 Å². The van der Waals surface area contributed by atoms with E-state index in [4.69, 9.17) is 14.5 Å². The highest BCUT2D eigenvalue weighted by atomic mass is 16.6. The number of anilines is 1. The lowest BCUT2D eigenvalue weighted by molar-refractivity contribution is -0.137. The number of hydrogen-bond donors (Lipinski definition) is 1. The molecule has 1 N–H and O–H groups in total. The van der Waals surface area contributed by atoms with E-state index in [2.05, 4.69) is 22.0 Å². The van der Waals surface area contributed by atoms with Crippen molar-refractivity contribution in [1.29, 1.82) is 0 Å². The Morgan fingerprint density at radius 1 is 0.977 bits per heavy atom. The summed E-state index contributed by atoms with van der Waals surface area (Å²) in [7, 11) is 0. The summed E-state index contributed by atoms with van der Waals surface area (Å²) in [5.74, 6) is -0.0482. The number of hydrogen-bond acceptors (Lipinski definition) is 9. The van der Waals surface area contributed by atoms with Crippen LogP contribution in [0, 0.1) is 0 Å². The van der Waals surface area contributed by atoms with E-state index in [0.29, 0.717) is 36.8 Å². The molecule has 4 fully saturated rings. The number of carbonyl (C=O) groups is 4. The van der Waals surface area contributed by atoms with E-state index in [1.807, 2.05) is 39.8 Å². The molecule has 0 spiro atoms. The number of piperazine rings is 1. The predicted octanol–water partition coefficient (Wildman–Crippen LogP) is 2.86. The third kappa shape index (κ3) is 6.15. The highest BCUT2D eigenvalue weighted by molar-refractivity contribution is 6.05. The number of likely N-dealkylation sites (tertiary alicyclic amines) is 1. The first-order valence-corrected chi connectivity index (χ1v) is 16.2. The van der Waals surface area contributed by atoms with Crippen molar-refractivity contribution in [3.05, 3.63) is 23.4 Å². The maximum Gasteiger partial charge on any atom is 0.410 e. The van der Waals surface area contributed by atoms with E-state index in [1.165, 1.54) is 0 Å². The highest BCUT2D eigenvalue weighted by Gasteiger charge is 2.45. The second-order valence-corrected chi connectivity index (χ2v) is 14.0. The standard InChI is InChI=1S/C32H46N6O6/c1-19-18-36(21-16-23(17-21)43-22-10-12-35(13-11-22)31(42)44-32(3,4)5)14-15-37(19)26-8-6-24-28(33-26)20(2)38(30(24)41)25-7-9-27(39)34-29(25)40/h6,8,19-23,25H,7,9-18H2,1-5H3,(H,34,39,40)/t19-,20?,21?,23?,25?/m1/s1. The monoisotopic (exact) mass is 610 g/mol. The van der Waals surface area contributed by atoms with E-state index >= 15 is 0 Å². The molecule has 1 aliphatic carbocycles. The molecule has 0 radical (unpaired) electrons. The lowest BCUT2D eigenvalue weighted by Gasteiger charge is -2.49. The van der Waals surface area contributed by atoms with E-state index < -0.39 is 17.6 Å². The van der Waals surface area contributed by atoms with Crippen LogP contribution in [0.3, 0.4) is 0 Å². The Kier molecular flexibility index (Phi) is 8.34. The Labute approximate surface area is 259 Å². The van der Waals surface area contributed by atoms with Gasteiger partial charge in [0.15, 0.2) is 0 Å². The molecule has 12 nitrogen and oxygen atoms in total. The van der Waals surface area contributed by atoms with Crippen LogP contribution in [0.5, 0.6) is 0 Å². The Balaban J connectivity index is 0.977. The fourth-order valence-corrected chi connectivity index (χ4v) is 7.31. The summed E-state index contributed by atoms with van der Waals surface area (Å²) in [6.45, 7) is 13.9. The molecule has 3 saturated heterocycles. The first-order chi connectivity index (χ1) is 20.9. The number of piperidine rings is 2. The Morgan fingerprint density at radius 2 is 1.70 bits per heavy atom. The van der Waals surface area contributed by atoms with Crippen molar-refractivity contribution >= 4 is 29.6 Å². The fraction of sp³-hybridized carbons (Fsp3) is 0.719. The molecular formula is C32H46N6O6. The Bertz CT molecular complexity index is 1300. The van der Waals surface area contributed by atoms with Gasteiger partial charge in [-0.25, -0.2) is 9.78 Å². The number of rotatable bonds is 5. The van der Waals surface area contributed by atoms with E-state index in [9.17, 15) is 19.2 Å². The molecule has 1 saturated carbocycles. The van der Waals surface area contributed by atoms with Crippen molar-refractivity contribution in [2.45, 2.75) is 115 Å². The lowest BCUT2D eigenvalue weighted by atomic mass is 9.86. The number of aromatic nitrogens is 1. The van der Waals surface area contributed by atoms with Gasteiger partial charge in [-0.2, -0.15) is 0 Å². The summed E-state index contributed by atoms with van der Waals surface area (Å²) in [4.78, 5) is 63.0. The predicted molar refractivity (Wildman–Crippen MR) is 162 cm³/mol. The molecule has 0 bridgehead atoms. The zero-order chi connectivity index (χ0) is 31.3. The number of amides is 4. The molecule has 4 amide bonds. The summed E-state index contributed by atoms with van der Waals surface area (Å²) >= 11 is 0. The molecule has 5 aliphatic rings. The zero-order valence-corrected chi connectivity index (χ0v) is 26.6. The number of ether oxygens (including phenoxy) is 2. The van der Waals surface area contributed by atoms with Crippen molar-refractivity contribution < 1.29 is 28.7 Å². The minimum Gasteiger partial charge on any atom is -0.444 e. The van der Waals surface area contributed by atoms with Gasteiger partial charge in [-0.3, -0.25) is 24.6 Å². The van der Waals surface area contributed by atoms with Gasteiger partial charge in [0.05, 0.1) is 29.5 Å². The van der Waals surface area contributed by atoms with Crippen molar-refractivity contribution in [3.8, 4) is 0 Å². The van der Waals surface area contributed by atoms with Gasteiger partial charge in [-0.15, -0.1) is 0 Å². The van der Waals surface area contributed by atoms with Crippen LogP contribution >= 0.6 is 0 Å². The number of carbonyl (C=O) groups excluding carboxylic acids is 4. The molecule has 1 aromatic heterocycles. The van der Waals surface area contributed by atoms with Crippen LogP contribution in [0.15, 0.2) is 12.1 Å². The average molecular weight is 611 g/mol. The van der Waals surface area contributed by atoms with Gasteiger partial charge in [0.1, 0.15) is 17.5 Å². The lowest BCUT2D eigenvalue weighted by Crippen LogP contribution is -2.59. The highest BCUT2D eigenvalue weighted by Crippen LogP contribution is 2.38. The second-order valence-electron chi connectivity index (χ2n) is 14.0. The maximum absolute atomic E-state index is 13.3. The molecule has 12 heteroatoms. The van der Waals surface area contributed by atoms with Crippen LogP contribution in [0.2, 0.25) is 0 Å². The van der Waals surface area contributed by atoms with Gasteiger partial charge in [0.2, 0.25) is 11.8 Å². The number of fused-ring (bicyclic) bond motifs is 1. The molecule has 44 heavy (non-hydrogen) atoms. The number of nitrogens with one attached hydrogen (secondary N) is 1. The van der Waals surface area contributed by atoms with Gasteiger partial charge >= 0.3 is 6.09 Å². The van der Waals surface area contributed by atoms with E-state index in [-0.39, 0.29) is 48.6 Å². The van der Waals surface area contributed by atoms with E-state index in [1.54, 1.807) is 9.80 Å². The minimum atomic E-state index is -0.657. The van der Waals surface area contributed by atoms with Crippen LogP contribution in [-0.2, 0) is 19.1 Å². The molecule has 1 aromatic rings. The maximum atomic E-state index is 13.3. The molecular weight excluding hydrogens is 564 g/mol. The first kappa shape index (κ1) is 30.8. The largest absolute Gasteiger partial charge is 0.444 e. The molecule has 6 rings (SSSR count). The smallest absolute Gasteiger partial charge is 0.410 e. The van der Waals surface area contributed by atoms with E-state index in [0.717, 1.165) is 51.1 Å². The third-order valence-electron chi connectivity index (χ3n) is 9.75. The van der Waals surface area contributed by atoms with Crippen LogP contribution in [0.4, 0.5) is 10.6 Å². The topological polar surface area (TPSA) is 125 Å². The quantitative estimate of drug-likeness (QED) is 0.501. The third-order valence-corrected chi connectivity index (χ3v) is 9.75. The fourth-order valence-electron chi connectivity index (χ4n) is 7.31. The summed E-state index contributed by atoms with van der Waals surface area (Å²) in [6.07, 6.45) is 4.56. The summed E-state index contributed by atoms with van der Waals surface area (Å²) < 4.78 is 11.9. The molecule has 5 heterocycles. The molecule has 2 unspecified atom stereocenters. The van der Waals surface area contributed by atoms with Crippen molar-refractivity contribution in [1.82, 2.24) is 25.0 Å². The second kappa shape index (κ2) is 11.9. The molecule has 3 atom stereocenters. The minimum absolute atomic E-state index is 0.196. The van der Waals surface area contributed by atoms with Crippen molar-refractivity contribution in [3.63, 3.8) is 0 Å². The van der Waals surface area contributed by atoms with Gasteiger partial charge < -0.3 is 24.2 Å². The summed E-state index contributed by atoms with van der Waals surface area (Å²) in [5, 5.41) is 2.37. The molecule has 240 valence electrons.